The molecule has 0 aromatic heterocycles. The van der Waals surface area contributed by atoms with Crippen LogP contribution in [-0.4, -0.2) is 28.8 Å². The lowest BCUT2D eigenvalue weighted by Gasteiger charge is -2.30. The van der Waals surface area contributed by atoms with E-state index in [0.717, 1.165) is 36.1 Å². The van der Waals surface area contributed by atoms with E-state index in [9.17, 15) is 9.59 Å². The molecule has 1 aromatic carbocycles. The zero-order valence-electron chi connectivity index (χ0n) is 15.2. The largest absolute Gasteiger partial charge is 0.329 e. The molecule has 0 radical (unpaired) electrons. The van der Waals surface area contributed by atoms with E-state index in [4.69, 9.17) is 5.73 Å². The van der Waals surface area contributed by atoms with Crippen molar-refractivity contribution in [3.8, 4) is 0 Å². The Bertz CT molecular complexity index is 758. The van der Waals surface area contributed by atoms with Gasteiger partial charge in [-0.05, 0) is 55.2 Å². The number of piperidine rings is 1. The maximum Gasteiger partial charge on any atom is 0.255 e. The fourth-order valence-electron chi connectivity index (χ4n) is 4.63. The van der Waals surface area contributed by atoms with E-state index in [2.05, 4.69) is 24.0 Å². The molecule has 1 saturated heterocycles. The van der Waals surface area contributed by atoms with E-state index in [-0.39, 0.29) is 17.9 Å². The molecule has 2 heterocycles. The predicted octanol–water partition coefficient (Wildman–Crippen LogP) is 2.49. The number of hydrogen-bond acceptors (Lipinski definition) is 3. The van der Waals surface area contributed by atoms with Gasteiger partial charge in [-0.3, -0.25) is 9.59 Å². The highest BCUT2D eigenvalue weighted by atomic mass is 16.2. The summed E-state index contributed by atoms with van der Waals surface area (Å²) in [6, 6.07) is 6.03. The van der Waals surface area contributed by atoms with Gasteiger partial charge in [-0.2, -0.15) is 0 Å². The Morgan fingerprint density at radius 1 is 1.19 bits per heavy atom. The van der Waals surface area contributed by atoms with Gasteiger partial charge in [-0.15, -0.1) is 0 Å². The van der Waals surface area contributed by atoms with Crippen molar-refractivity contribution in [2.24, 2.45) is 11.7 Å². The molecule has 138 valence electrons. The Morgan fingerprint density at radius 3 is 2.77 bits per heavy atom. The van der Waals surface area contributed by atoms with Gasteiger partial charge in [-0.25, -0.2) is 0 Å². The van der Waals surface area contributed by atoms with Crippen molar-refractivity contribution >= 4 is 11.8 Å². The number of allylic oxidation sites excluding steroid dienone is 1. The summed E-state index contributed by atoms with van der Waals surface area (Å²) in [5.41, 5.74) is 10.1. The van der Waals surface area contributed by atoms with Crippen LogP contribution in [0.3, 0.4) is 0 Å². The zero-order valence-corrected chi connectivity index (χ0v) is 15.2. The molecule has 3 aliphatic rings. The number of fused-ring (bicyclic) bond motifs is 1. The maximum atomic E-state index is 12.8. The summed E-state index contributed by atoms with van der Waals surface area (Å²) < 4.78 is 0. The third kappa shape index (κ3) is 3.16. The van der Waals surface area contributed by atoms with Gasteiger partial charge in [0.2, 0.25) is 5.91 Å². The number of carbonyl (C=O) groups excluding carboxylic acids is 2. The van der Waals surface area contributed by atoms with Gasteiger partial charge in [0.1, 0.15) is 6.04 Å². The van der Waals surface area contributed by atoms with E-state index >= 15 is 0 Å². The average molecular weight is 353 g/mol. The van der Waals surface area contributed by atoms with Crippen molar-refractivity contribution in [3.63, 3.8) is 0 Å². The molecule has 0 spiro atoms. The number of rotatable bonds is 3. The fourth-order valence-corrected chi connectivity index (χ4v) is 4.63. The van der Waals surface area contributed by atoms with Gasteiger partial charge in [0.05, 0.1) is 0 Å². The van der Waals surface area contributed by atoms with E-state index in [1.165, 1.54) is 24.8 Å². The van der Waals surface area contributed by atoms with Crippen molar-refractivity contribution in [1.82, 2.24) is 10.2 Å². The minimum absolute atomic E-state index is 0.0337. The van der Waals surface area contributed by atoms with E-state index < -0.39 is 6.04 Å². The summed E-state index contributed by atoms with van der Waals surface area (Å²) in [6.07, 6.45) is 7.15. The van der Waals surface area contributed by atoms with Crippen LogP contribution >= 0.6 is 0 Å². The van der Waals surface area contributed by atoms with Crippen LogP contribution in [0, 0.1) is 5.92 Å². The number of nitrogens with zero attached hydrogens (tertiary/aromatic N) is 1. The SMILES string of the molecule is C=C1CCC(N2Cc3cc(C[C@H]4CCCCC4N)ccc3C2=O)C(=O)N1. The monoisotopic (exact) mass is 353 g/mol. The topological polar surface area (TPSA) is 75.4 Å². The van der Waals surface area contributed by atoms with Crippen LogP contribution in [0.4, 0.5) is 0 Å². The fraction of sp³-hybridized carbons (Fsp3) is 0.524. The third-order valence-electron chi connectivity index (χ3n) is 6.17. The highest BCUT2D eigenvalue weighted by molar-refractivity contribution is 6.01. The lowest BCUT2D eigenvalue weighted by atomic mass is 9.81. The van der Waals surface area contributed by atoms with Gasteiger partial charge in [0.15, 0.2) is 0 Å². The van der Waals surface area contributed by atoms with Crippen LogP contribution < -0.4 is 11.1 Å². The first-order chi connectivity index (χ1) is 12.5. The quantitative estimate of drug-likeness (QED) is 0.877. The Morgan fingerprint density at radius 2 is 2.00 bits per heavy atom. The minimum atomic E-state index is -0.393. The number of nitrogens with two attached hydrogens (primary N) is 1. The van der Waals surface area contributed by atoms with Crippen LogP contribution in [0.25, 0.3) is 0 Å². The molecular formula is C21H27N3O2. The molecule has 5 heteroatoms. The maximum absolute atomic E-state index is 12.8. The Balaban J connectivity index is 1.49. The highest BCUT2D eigenvalue weighted by Crippen LogP contribution is 2.31. The molecule has 2 fully saturated rings. The zero-order chi connectivity index (χ0) is 18.3. The summed E-state index contributed by atoms with van der Waals surface area (Å²) >= 11 is 0. The average Bonchev–Trinajstić information content (AvgIpc) is 2.93. The van der Waals surface area contributed by atoms with Crippen molar-refractivity contribution in [3.05, 3.63) is 47.2 Å². The Kier molecular flexibility index (Phi) is 4.57. The van der Waals surface area contributed by atoms with Gasteiger partial charge in [0, 0.05) is 23.8 Å². The van der Waals surface area contributed by atoms with E-state index in [0.29, 0.717) is 18.9 Å². The molecule has 0 bridgehead atoms. The normalized spacial score (nSPS) is 28.9. The van der Waals surface area contributed by atoms with E-state index in [1.807, 2.05) is 6.07 Å². The lowest BCUT2D eigenvalue weighted by Crippen LogP contribution is -2.49. The van der Waals surface area contributed by atoms with Crippen molar-refractivity contribution in [2.75, 3.05) is 0 Å². The van der Waals surface area contributed by atoms with Gasteiger partial charge < -0.3 is 16.0 Å². The standard InChI is InChI=1S/C21H27N3O2/c1-13-6-9-19(20(25)23-13)24-12-16-11-14(7-8-17(16)21(24)26)10-15-4-2-3-5-18(15)22/h7-8,11,15,18-19H,1-6,9-10,12,22H2,(H,23,25)/t15-,18?,19?/m1/s1. The van der Waals surface area contributed by atoms with Crippen LogP contribution in [-0.2, 0) is 17.8 Å². The first-order valence-corrected chi connectivity index (χ1v) is 9.70. The smallest absolute Gasteiger partial charge is 0.255 e. The summed E-state index contributed by atoms with van der Waals surface area (Å²) in [7, 11) is 0. The second-order valence-electron chi connectivity index (χ2n) is 7.98. The number of benzene rings is 1. The molecule has 3 N–H and O–H groups in total. The predicted molar refractivity (Wildman–Crippen MR) is 100 cm³/mol. The van der Waals surface area contributed by atoms with Crippen LogP contribution in [0.15, 0.2) is 30.5 Å². The number of nitrogens with one attached hydrogen (secondary N) is 1. The van der Waals surface area contributed by atoms with Crippen LogP contribution in [0.5, 0.6) is 0 Å². The number of hydrogen-bond donors (Lipinski definition) is 2. The molecule has 2 aliphatic heterocycles. The van der Waals surface area contributed by atoms with Crippen LogP contribution in [0.2, 0.25) is 0 Å². The molecule has 2 unspecified atom stereocenters. The molecule has 1 aromatic rings. The molecule has 26 heavy (non-hydrogen) atoms. The number of carbonyl (C=O) groups is 2. The van der Waals surface area contributed by atoms with Crippen LogP contribution in [0.1, 0.15) is 60.0 Å². The Labute approximate surface area is 154 Å². The first kappa shape index (κ1) is 17.3. The third-order valence-corrected chi connectivity index (χ3v) is 6.17. The van der Waals surface area contributed by atoms with Crippen molar-refractivity contribution in [1.29, 1.82) is 0 Å². The Hall–Kier alpha value is -2.14. The summed E-state index contributed by atoms with van der Waals surface area (Å²) in [5, 5.41) is 2.78. The van der Waals surface area contributed by atoms with E-state index in [1.54, 1.807) is 4.90 Å². The molecule has 1 saturated carbocycles. The first-order valence-electron chi connectivity index (χ1n) is 9.70. The van der Waals surface area contributed by atoms with Gasteiger partial charge in [-0.1, -0.05) is 31.6 Å². The molecule has 3 atom stereocenters. The molecular weight excluding hydrogens is 326 g/mol. The molecule has 5 nitrogen and oxygen atoms in total. The summed E-state index contributed by atoms with van der Waals surface area (Å²) in [6.45, 7) is 4.33. The molecule has 4 rings (SSSR count). The second-order valence-corrected chi connectivity index (χ2v) is 7.98. The van der Waals surface area contributed by atoms with Gasteiger partial charge >= 0.3 is 0 Å². The molecule has 1 aliphatic carbocycles. The summed E-state index contributed by atoms with van der Waals surface area (Å²) in [5.74, 6) is 0.384. The summed E-state index contributed by atoms with van der Waals surface area (Å²) in [4.78, 5) is 26.8. The van der Waals surface area contributed by atoms with Gasteiger partial charge in [0.25, 0.3) is 5.91 Å². The van der Waals surface area contributed by atoms with Crippen molar-refractivity contribution in [2.45, 2.75) is 63.6 Å². The second kappa shape index (κ2) is 6.88. The number of amides is 2. The minimum Gasteiger partial charge on any atom is -0.329 e. The highest BCUT2D eigenvalue weighted by Gasteiger charge is 2.38. The molecule has 2 amide bonds. The van der Waals surface area contributed by atoms with Crippen molar-refractivity contribution < 1.29 is 9.59 Å². The lowest BCUT2D eigenvalue weighted by molar-refractivity contribution is -0.126.